The molecule has 1 spiro atoms. The molecule has 2 saturated heterocycles. The number of amides is 1. The minimum atomic E-state index is -2.66. The number of likely N-dealkylation sites (tertiary alicyclic amines) is 1. The van der Waals surface area contributed by atoms with E-state index in [4.69, 9.17) is 4.52 Å². The topological polar surface area (TPSA) is 104 Å². The molecule has 2 aromatic rings. The van der Waals surface area contributed by atoms with E-state index in [1.165, 1.54) is 11.3 Å². The lowest BCUT2D eigenvalue weighted by atomic mass is 9.62. The molecule has 2 atom stereocenters. The van der Waals surface area contributed by atoms with Crippen molar-refractivity contribution >= 4 is 17.2 Å². The third kappa shape index (κ3) is 3.58. The van der Waals surface area contributed by atoms with Crippen molar-refractivity contribution in [2.24, 2.45) is 5.41 Å². The monoisotopic (exact) mass is 493 g/mol. The third-order valence-electron chi connectivity index (χ3n) is 8.59. The van der Waals surface area contributed by atoms with E-state index in [1.807, 2.05) is 10.3 Å². The van der Waals surface area contributed by atoms with E-state index in [2.05, 4.69) is 20.4 Å². The van der Waals surface area contributed by atoms with E-state index in [0.29, 0.717) is 44.7 Å². The quantitative estimate of drug-likeness (QED) is 0.675. The summed E-state index contributed by atoms with van der Waals surface area (Å²) in [5, 5.41) is 21.0. The molecule has 0 unspecified atom stereocenters. The van der Waals surface area contributed by atoms with Crippen LogP contribution in [0.5, 0.6) is 0 Å². The Bertz CT molecular complexity index is 1040. The van der Waals surface area contributed by atoms with Crippen LogP contribution in [0.3, 0.4) is 0 Å². The number of aliphatic hydroxyl groups excluding tert-OH is 1. The first-order valence-corrected chi connectivity index (χ1v) is 13.0. The number of alkyl halides is 2. The van der Waals surface area contributed by atoms with Crippen LogP contribution in [0.15, 0.2) is 16.1 Å². The summed E-state index contributed by atoms with van der Waals surface area (Å²) in [4.78, 5) is 24.2. The molecule has 184 valence electrons. The minimum absolute atomic E-state index is 0.0199. The SMILES string of the molecule is O=C([C@@H]1C[C@@H](O)C2(CCC2)CN1)N1CCC(c2noc(C3CC(F)(F)C3)n2)(c2nccs2)CC1. The molecule has 2 aromatic heterocycles. The predicted octanol–water partition coefficient (Wildman–Crippen LogP) is 2.84. The number of hydrogen-bond acceptors (Lipinski definition) is 8. The zero-order chi connectivity index (χ0) is 23.6. The van der Waals surface area contributed by atoms with E-state index < -0.39 is 23.4 Å². The molecule has 0 radical (unpaired) electrons. The second-order valence-electron chi connectivity index (χ2n) is 10.6. The lowest BCUT2D eigenvalue weighted by Gasteiger charge is -2.51. The number of aliphatic hydroxyl groups is 1. The highest BCUT2D eigenvalue weighted by atomic mass is 32.1. The van der Waals surface area contributed by atoms with Gasteiger partial charge in [0.05, 0.1) is 17.6 Å². The summed E-state index contributed by atoms with van der Waals surface area (Å²) < 4.78 is 32.1. The highest BCUT2D eigenvalue weighted by Crippen LogP contribution is 2.49. The molecule has 34 heavy (non-hydrogen) atoms. The molecule has 4 heterocycles. The maximum atomic E-state index is 13.3. The number of halogens is 2. The Morgan fingerprint density at radius 2 is 2.00 bits per heavy atom. The van der Waals surface area contributed by atoms with Gasteiger partial charge in [-0.2, -0.15) is 4.98 Å². The van der Waals surface area contributed by atoms with Gasteiger partial charge in [0.25, 0.3) is 0 Å². The second-order valence-corrected chi connectivity index (χ2v) is 11.5. The molecule has 2 saturated carbocycles. The molecule has 11 heteroatoms. The molecular formula is C23H29F2N5O3S. The fourth-order valence-electron chi connectivity index (χ4n) is 6.08. The van der Waals surface area contributed by atoms with Crippen LogP contribution in [0.4, 0.5) is 8.78 Å². The number of aromatic nitrogens is 3. The Balaban J connectivity index is 1.16. The summed E-state index contributed by atoms with van der Waals surface area (Å²) in [6, 6.07) is -0.370. The fraction of sp³-hybridized carbons (Fsp3) is 0.739. The van der Waals surface area contributed by atoms with Crippen molar-refractivity contribution in [2.75, 3.05) is 19.6 Å². The zero-order valence-electron chi connectivity index (χ0n) is 18.9. The molecule has 2 N–H and O–H groups in total. The van der Waals surface area contributed by atoms with E-state index in [9.17, 15) is 18.7 Å². The summed E-state index contributed by atoms with van der Waals surface area (Å²) in [6.45, 7) is 1.69. The molecule has 6 rings (SSSR count). The van der Waals surface area contributed by atoms with Crippen molar-refractivity contribution in [3.8, 4) is 0 Å². The van der Waals surface area contributed by atoms with Gasteiger partial charge in [0.2, 0.25) is 17.7 Å². The van der Waals surface area contributed by atoms with Gasteiger partial charge in [-0.3, -0.25) is 4.79 Å². The number of hydrogen-bond donors (Lipinski definition) is 2. The first kappa shape index (κ1) is 22.5. The summed E-state index contributed by atoms with van der Waals surface area (Å²) >= 11 is 1.51. The van der Waals surface area contributed by atoms with Crippen molar-refractivity contribution < 1.29 is 23.2 Å². The van der Waals surface area contributed by atoms with Crippen LogP contribution in [-0.4, -0.2) is 68.7 Å². The highest BCUT2D eigenvalue weighted by molar-refractivity contribution is 7.09. The number of nitrogens with zero attached hydrogens (tertiary/aromatic N) is 4. The Morgan fingerprint density at radius 1 is 1.24 bits per heavy atom. The Kier molecular flexibility index (Phi) is 5.31. The van der Waals surface area contributed by atoms with Crippen molar-refractivity contribution in [3.05, 3.63) is 28.3 Å². The number of thiazole rings is 1. The summed E-state index contributed by atoms with van der Waals surface area (Å²) in [7, 11) is 0. The maximum absolute atomic E-state index is 13.3. The third-order valence-corrected chi connectivity index (χ3v) is 9.57. The first-order valence-electron chi connectivity index (χ1n) is 12.1. The van der Waals surface area contributed by atoms with Crippen molar-refractivity contribution in [1.82, 2.24) is 25.3 Å². The highest BCUT2D eigenvalue weighted by Gasteiger charge is 2.52. The molecule has 4 aliphatic rings. The Hall–Kier alpha value is -1.98. The minimum Gasteiger partial charge on any atom is -0.392 e. The molecule has 1 amide bonds. The Morgan fingerprint density at radius 3 is 2.59 bits per heavy atom. The van der Waals surface area contributed by atoms with Crippen LogP contribution < -0.4 is 5.32 Å². The molecule has 8 nitrogen and oxygen atoms in total. The average Bonchev–Trinajstić information content (AvgIpc) is 3.49. The van der Waals surface area contributed by atoms with Crippen LogP contribution in [0.2, 0.25) is 0 Å². The van der Waals surface area contributed by atoms with E-state index in [1.54, 1.807) is 6.20 Å². The fourth-order valence-corrected chi connectivity index (χ4v) is 6.98. The number of carbonyl (C=O) groups excluding carboxylic acids is 1. The summed E-state index contributed by atoms with van der Waals surface area (Å²) in [5.41, 5.74) is -0.645. The normalized spacial score (nSPS) is 30.0. The van der Waals surface area contributed by atoms with Crippen LogP contribution in [0.1, 0.15) is 74.0 Å². The number of nitrogens with one attached hydrogen (secondary N) is 1. The molecule has 4 fully saturated rings. The second kappa shape index (κ2) is 8.03. The van der Waals surface area contributed by atoms with E-state index in [0.717, 1.165) is 24.3 Å². The zero-order valence-corrected chi connectivity index (χ0v) is 19.7. The van der Waals surface area contributed by atoms with Gasteiger partial charge in [0.1, 0.15) is 5.01 Å². The van der Waals surface area contributed by atoms with Gasteiger partial charge >= 0.3 is 0 Å². The van der Waals surface area contributed by atoms with Gasteiger partial charge in [-0.05, 0) is 32.1 Å². The molecular weight excluding hydrogens is 464 g/mol. The van der Waals surface area contributed by atoms with Crippen LogP contribution in [0.25, 0.3) is 0 Å². The van der Waals surface area contributed by atoms with Crippen LogP contribution in [-0.2, 0) is 10.2 Å². The smallest absolute Gasteiger partial charge is 0.249 e. The largest absolute Gasteiger partial charge is 0.392 e. The first-order chi connectivity index (χ1) is 16.3. The Labute approximate surface area is 200 Å². The van der Waals surface area contributed by atoms with Gasteiger partial charge in [-0.1, -0.05) is 11.6 Å². The maximum Gasteiger partial charge on any atom is 0.249 e. The standard InChI is InChI=1S/C23H29F2N5O3S/c24-23(25)11-14(12-23)17-28-19(29-33-17)22(20-26-6-9-34-20)4-7-30(8-5-22)18(32)15-10-16(31)21(13-27-15)2-1-3-21/h6,9,14-16,27,31H,1-5,7-8,10-13H2/t15-,16+/m0/s1. The summed E-state index contributed by atoms with van der Waals surface area (Å²) in [6.07, 6.45) is 5.56. The van der Waals surface area contributed by atoms with Crippen molar-refractivity contribution in [2.45, 2.75) is 80.8 Å². The van der Waals surface area contributed by atoms with Gasteiger partial charge < -0.3 is 19.8 Å². The van der Waals surface area contributed by atoms with Crippen molar-refractivity contribution in [3.63, 3.8) is 0 Å². The van der Waals surface area contributed by atoms with Gasteiger partial charge in [0, 0.05) is 55.4 Å². The van der Waals surface area contributed by atoms with Gasteiger partial charge in [-0.25, -0.2) is 13.8 Å². The molecule has 0 aromatic carbocycles. The lowest BCUT2D eigenvalue weighted by Crippen LogP contribution is -2.62. The predicted molar refractivity (Wildman–Crippen MR) is 119 cm³/mol. The number of piperidine rings is 2. The van der Waals surface area contributed by atoms with Gasteiger partial charge in [0.15, 0.2) is 5.82 Å². The molecule has 0 bridgehead atoms. The molecule has 2 aliphatic heterocycles. The lowest BCUT2D eigenvalue weighted by molar-refractivity contribution is -0.140. The van der Waals surface area contributed by atoms with Crippen molar-refractivity contribution in [1.29, 1.82) is 0 Å². The molecule has 2 aliphatic carbocycles. The average molecular weight is 494 g/mol. The van der Waals surface area contributed by atoms with Crippen LogP contribution >= 0.6 is 11.3 Å². The number of rotatable bonds is 4. The van der Waals surface area contributed by atoms with Crippen LogP contribution in [0, 0.1) is 5.41 Å². The van der Waals surface area contributed by atoms with E-state index >= 15 is 0 Å². The number of carbonyl (C=O) groups is 1. The summed E-state index contributed by atoms with van der Waals surface area (Å²) in [5.74, 6) is -2.31. The van der Waals surface area contributed by atoms with E-state index in [-0.39, 0.29) is 36.1 Å². The van der Waals surface area contributed by atoms with Gasteiger partial charge in [-0.15, -0.1) is 11.3 Å².